The van der Waals surface area contributed by atoms with Crippen molar-refractivity contribution >= 4 is 5.78 Å². The Morgan fingerprint density at radius 1 is 0.917 bits per heavy atom. The first-order chi connectivity index (χ1) is 17.4. The standard InChI is InChI=1S/C33H48O3/c1-22-18-24-20-25(34)19-23(2)33(24,21-35-26-10-6-4-7-11-26)29-16-17-32(3)28(31(22)29)14-15-30(32)36-27-12-8-5-9-13-27/h10,12,20,22-23,28-31H,4-9,11,13-19,21H2,1-3H3/t22?,23?,28-,29+,30?,31-,32-,33-/m0/s1. The molecule has 0 spiro atoms. The van der Waals surface area contributed by atoms with Gasteiger partial charge in [0.15, 0.2) is 5.78 Å². The van der Waals surface area contributed by atoms with Gasteiger partial charge >= 0.3 is 0 Å². The molecule has 0 N–H and O–H groups in total. The Morgan fingerprint density at radius 3 is 2.39 bits per heavy atom. The van der Waals surface area contributed by atoms with Crippen LogP contribution in [0.4, 0.5) is 0 Å². The maximum absolute atomic E-state index is 12.8. The van der Waals surface area contributed by atoms with Gasteiger partial charge in [0.1, 0.15) is 6.10 Å². The quantitative estimate of drug-likeness (QED) is 0.387. The van der Waals surface area contributed by atoms with E-state index >= 15 is 0 Å². The molecule has 0 saturated heterocycles. The molecule has 36 heavy (non-hydrogen) atoms. The summed E-state index contributed by atoms with van der Waals surface area (Å²) in [5, 5.41) is 0. The van der Waals surface area contributed by atoms with Crippen LogP contribution in [0.1, 0.15) is 111 Å². The molecule has 3 fully saturated rings. The SMILES string of the molecule is CC1CC2=CC(=O)CC(C)[C@]2(COC2=CCCCC2)[C@@H]2CC[C@]3(C)C(OC4=CCCCC4)CC[C@H]3[C@H]12. The summed E-state index contributed by atoms with van der Waals surface area (Å²) in [5.74, 6) is 5.86. The number of carbonyl (C=O) groups excluding carboxylic acids is 1. The van der Waals surface area contributed by atoms with Crippen molar-refractivity contribution in [2.45, 2.75) is 117 Å². The van der Waals surface area contributed by atoms with Crippen molar-refractivity contribution in [2.24, 2.45) is 40.4 Å². The van der Waals surface area contributed by atoms with Gasteiger partial charge in [-0.05, 0) is 118 Å². The average molecular weight is 493 g/mol. The van der Waals surface area contributed by atoms with E-state index in [2.05, 4.69) is 39.0 Å². The molecule has 198 valence electrons. The van der Waals surface area contributed by atoms with Gasteiger partial charge < -0.3 is 9.47 Å². The smallest absolute Gasteiger partial charge is 0.155 e. The molecular formula is C33H48O3. The second kappa shape index (κ2) is 9.66. The predicted molar refractivity (Wildman–Crippen MR) is 144 cm³/mol. The molecule has 6 aliphatic carbocycles. The van der Waals surface area contributed by atoms with Crippen LogP contribution in [0.3, 0.4) is 0 Å². The molecule has 3 heteroatoms. The van der Waals surface area contributed by atoms with Crippen molar-refractivity contribution in [3.63, 3.8) is 0 Å². The summed E-state index contributed by atoms with van der Waals surface area (Å²) in [4.78, 5) is 12.8. The monoisotopic (exact) mass is 492 g/mol. The molecule has 3 saturated carbocycles. The van der Waals surface area contributed by atoms with E-state index in [1.807, 2.05) is 0 Å². The van der Waals surface area contributed by atoms with Gasteiger partial charge in [0.25, 0.3) is 0 Å². The molecule has 6 rings (SSSR count). The van der Waals surface area contributed by atoms with E-state index in [0.29, 0.717) is 42.0 Å². The number of rotatable bonds is 5. The maximum atomic E-state index is 12.8. The van der Waals surface area contributed by atoms with Crippen molar-refractivity contribution < 1.29 is 14.3 Å². The highest BCUT2D eigenvalue weighted by molar-refractivity contribution is 5.92. The van der Waals surface area contributed by atoms with Crippen molar-refractivity contribution in [2.75, 3.05) is 6.61 Å². The lowest BCUT2D eigenvalue weighted by Gasteiger charge is -2.62. The van der Waals surface area contributed by atoms with Crippen LogP contribution >= 0.6 is 0 Å². The Labute approximate surface area is 219 Å². The van der Waals surface area contributed by atoms with Gasteiger partial charge in [0, 0.05) is 30.1 Å². The third kappa shape index (κ3) is 4.02. The van der Waals surface area contributed by atoms with E-state index in [4.69, 9.17) is 9.47 Å². The molecule has 0 aromatic heterocycles. The minimum atomic E-state index is 0.0234. The number of hydrogen-bond acceptors (Lipinski definition) is 3. The molecular weight excluding hydrogens is 444 g/mol. The highest BCUT2D eigenvalue weighted by atomic mass is 16.5. The lowest BCUT2D eigenvalue weighted by Crippen LogP contribution is -2.58. The normalized spacial score (nSPS) is 44.4. The summed E-state index contributed by atoms with van der Waals surface area (Å²) in [6.07, 6.45) is 23.6. The maximum Gasteiger partial charge on any atom is 0.155 e. The number of ketones is 1. The summed E-state index contributed by atoms with van der Waals surface area (Å²) >= 11 is 0. The molecule has 0 aromatic rings. The van der Waals surface area contributed by atoms with Crippen LogP contribution in [0.2, 0.25) is 0 Å². The largest absolute Gasteiger partial charge is 0.497 e. The first-order valence-electron chi connectivity index (χ1n) is 15.3. The molecule has 0 aromatic carbocycles. The van der Waals surface area contributed by atoms with Crippen LogP contribution in [0.5, 0.6) is 0 Å². The Bertz CT molecular complexity index is 958. The second-order valence-electron chi connectivity index (χ2n) is 13.6. The first-order valence-corrected chi connectivity index (χ1v) is 15.3. The molecule has 3 nitrogen and oxygen atoms in total. The van der Waals surface area contributed by atoms with Gasteiger partial charge in [-0.15, -0.1) is 0 Å². The summed E-state index contributed by atoms with van der Waals surface area (Å²) in [6.45, 7) is 8.20. The van der Waals surface area contributed by atoms with E-state index in [1.165, 1.54) is 74.9 Å². The third-order valence-electron chi connectivity index (χ3n) is 11.7. The third-order valence-corrected chi connectivity index (χ3v) is 11.7. The van der Waals surface area contributed by atoms with Gasteiger partial charge in [-0.25, -0.2) is 0 Å². The minimum absolute atomic E-state index is 0.0234. The van der Waals surface area contributed by atoms with Crippen molar-refractivity contribution in [3.8, 4) is 0 Å². The van der Waals surface area contributed by atoms with Gasteiger partial charge in [-0.2, -0.15) is 0 Å². The van der Waals surface area contributed by atoms with Gasteiger partial charge in [-0.1, -0.05) is 26.3 Å². The van der Waals surface area contributed by atoms with Crippen molar-refractivity contribution in [3.05, 3.63) is 35.3 Å². The van der Waals surface area contributed by atoms with Crippen LogP contribution in [0, 0.1) is 40.4 Å². The number of allylic oxidation sites excluding steroid dienone is 4. The van der Waals surface area contributed by atoms with Gasteiger partial charge in [0.05, 0.1) is 18.1 Å². The molecule has 0 bridgehead atoms. The number of fused-ring (bicyclic) bond motifs is 5. The van der Waals surface area contributed by atoms with E-state index in [-0.39, 0.29) is 10.8 Å². The van der Waals surface area contributed by atoms with Gasteiger partial charge in [-0.3, -0.25) is 4.79 Å². The minimum Gasteiger partial charge on any atom is -0.497 e. The van der Waals surface area contributed by atoms with Crippen molar-refractivity contribution in [1.82, 2.24) is 0 Å². The predicted octanol–water partition coefficient (Wildman–Crippen LogP) is 8.31. The van der Waals surface area contributed by atoms with E-state index in [1.54, 1.807) is 0 Å². The fourth-order valence-corrected chi connectivity index (χ4v) is 9.85. The molecule has 0 heterocycles. The zero-order valence-electron chi connectivity index (χ0n) is 23.0. The van der Waals surface area contributed by atoms with E-state index < -0.39 is 0 Å². The summed E-state index contributed by atoms with van der Waals surface area (Å²) in [6, 6.07) is 0. The second-order valence-corrected chi connectivity index (χ2v) is 13.6. The lowest BCUT2D eigenvalue weighted by molar-refractivity contribution is -0.137. The first kappa shape index (κ1) is 24.8. The summed E-state index contributed by atoms with van der Waals surface area (Å²) in [5.41, 5.74) is 1.73. The Hall–Kier alpha value is -1.51. The molecule has 8 atom stereocenters. The number of carbonyl (C=O) groups is 1. The van der Waals surface area contributed by atoms with Crippen LogP contribution in [-0.2, 0) is 14.3 Å². The average Bonchev–Trinajstić information content (AvgIpc) is 3.20. The fourth-order valence-electron chi connectivity index (χ4n) is 9.85. The van der Waals surface area contributed by atoms with Crippen LogP contribution in [0.15, 0.2) is 35.3 Å². The number of ether oxygens (including phenoxy) is 2. The Kier molecular flexibility index (Phi) is 6.66. The van der Waals surface area contributed by atoms with Crippen LogP contribution < -0.4 is 0 Å². The van der Waals surface area contributed by atoms with Crippen LogP contribution in [-0.4, -0.2) is 18.5 Å². The van der Waals surface area contributed by atoms with E-state index in [9.17, 15) is 4.79 Å². The highest BCUT2D eigenvalue weighted by Gasteiger charge is 2.64. The Morgan fingerprint density at radius 2 is 1.67 bits per heavy atom. The van der Waals surface area contributed by atoms with Crippen molar-refractivity contribution in [1.29, 1.82) is 0 Å². The molecule has 0 radical (unpaired) electrons. The topological polar surface area (TPSA) is 35.5 Å². The molecule has 0 amide bonds. The van der Waals surface area contributed by atoms with Crippen LogP contribution in [0.25, 0.3) is 0 Å². The fraction of sp³-hybridized carbons (Fsp3) is 0.788. The summed E-state index contributed by atoms with van der Waals surface area (Å²) < 4.78 is 13.5. The van der Waals surface area contributed by atoms with Gasteiger partial charge in [0.2, 0.25) is 0 Å². The zero-order valence-corrected chi connectivity index (χ0v) is 23.0. The molecule has 6 aliphatic rings. The highest BCUT2D eigenvalue weighted by Crippen LogP contribution is 2.68. The summed E-state index contributed by atoms with van der Waals surface area (Å²) in [7, 11) is 0. The molecule has 0 aliphatic heterocycles. The lowest BCUT2D eigenvalue weighted by atomic mass is 9.43. The number of hydrogen-bond donors (Lipinski definition) is 0. The zero-order chi connectivity index (χ0) is 24.9. The van der Waals surface area contributed by atoms with E-state index in [0.717, 1.165) is 38.2 Å². The molecule has 3 unspecified atom stereocenters. The Balaban J connectivity index is 1.30.